The zero-order valence-electron chi connectivity index (χ0n) is 18.6. The first kappa shape index (κ1) is 21.3. The first-order chi connectivity index (χ1) is 15.1. The van der Waals surface area contributed by atoms with Crippen LogP contribution in [0.15, 0.2) is 36.5 Å². The molecule has 0 amide bonds. The molecule has 1 aliphatic heterocycles. The fraction of sp³-hybridized carbons (Fsp3) is 0.458. The van der Waals surface area contributed by atoms with Gasteiger partial charge < -0.3 is 20.7 Å². The Labute approximate surface area is 184 Å². The molecule has 0 spiro atoms. The molecule has 31 heavy (non-hydrogen) atoms. The van der Waals surface area contributed by atoms with Gasteiger partial charge in [-0.1, -0.05) is 32.4 Å². The Morgan fingerprint density at radius 2 is 2.03 bits per heavy atom. The highest BCUT2D eigenvalue weighted by Crippen LogP contribution is 2.30. The van der Waals surface area contributed by atoms with Gasteiger partial charge in [0.15, 0.2) is 5.65 Å². The van der Waals surface area contributed by atoms with Crippen molar-refractivity contribution in [2.45, 2.75) is 52.1 Å². The Hall–Kier alpha value is -2.93. The minimum atomic E-state index is 0.144. The summed E-state index contributed by atoms with van der Waals surface area (Å²) in [4.78, 5) is 16.2. The number of pyridine rings is 1. The number of nitrogens with zero attached hydrogens (tertiary/aromatic N) is 4. The number of benzene rings is 1. The molecule has 1 fully saturated rings. The molecule has 7 nitrogen and oxygen atoms in total. The number of anilines is 4. The van der Waals surface area contributed by atoms with Gasteiger partial charge in [-0.05, 0) is 49.4 Å². The van der Waals surface area contributed by atoms with Crippen LogP contribution in [0.1, 0.15) is 51.5 Å². The Morgan fingerprint density at radius 3 is 2.74 bits per heavy atom. The van der Waals surface area contributed by atoms with E-state index in [1.165, 1.54) is 18.4 Å². The highest BCUT2D eigenvalue weighted by Gasteiger charge is 2.21. The first-order valence-electron chi connectivity index (χ1n) is 11.2. The maximum absolute atomic E-state index is 6.01. The van der Waals surface area contributed by atoms with Crippen molar-refractivity contribution in [2.75, 3.05) is 35.6 Å². The smallest absolute Gasteiger partial charge is 0.229 e. The summed E-state index contributed by atoms with van der Waals surface area (Å²) < 4.78 is 5.67. The predicted molar refractivity (Wildman–Crippen MR) is 127 cm³/mol. The number of hydrogen-bond donors (Lipinski definition) is 2. The lowest BCUT2D eigenvalue weighted by Crippen LogP contribution is -2.42. The van der Waals surface area contributed by atoms with Gasteiger partial charge in [-0.15, -0.1) is 0 Å². The van der Waals surface area contributed by atoms with Crippen molar-refractivity contribution in [1.82, 2.24) is 15.0 Å². The summed E-state index contributed by atoms with van der Waals surface area (Å²) >= 11 is 0. The summed E-state index contributed by atoms with van der Waals surface area (Å²) in [7, 11) is 0. The van der Waals surface area contributed by atoms with Gasteiger partial charge in [-0.2, -0.15) is 9.97 Å². The number of nitrogen functional groups attached to an aromatic ring is 1. The van der Waals surface area contributed by atoms with E-state index in [4.69, 9.17) is 20.4 Å². The van der Waals surface area contributed by atoms with E-state index in [0.717, 1.165) is 30.6 Å². The second-order valence-electron chi connectivity index (χ2n) is 8.28. The molecule has 0 radical (unpaired) electrons. The van der Waals surface area contributed by atoms with Crippen molar-refractivity contribution < 1.29 is 4.74 Å². The Bertz CT molecular complexity index is 1020. The summed E-state index contributed by atoms with van der Waals surface area (Å²) in [5.41, 5.74) is 9.60. The lowest BCUT2D eigenvalue weighted by molar-refractivity contribution is 0.0526. The van der Waals surface area contributed by atoms with E-state index in [9.17, 15) is 0 Å². The summed E-state index contributed by atoms with van der Waals surface area (Å²) in [5, 5.41) is 4.29. The first-order valence-corrected chi connectivity index (χ1v) is 11.2. The van der Waals surface area contributed by atoms with E-state index >= 15 is 0 Å². The Kier molecular flexibility index (Phi) is 6.51. The van der Waals surface area contributed by atoms with Gasteiger partial charge in [0.05, 0.1) is 30.0 Å². The number of hydrogen-bond acceptors (Lipinski definition) is 7. The van der Waals surface area contributed by atoms with Crippen molar-refractivity contribution >= 4 is 34.2 Å². The third kappa shape index (κ3) is 4.88. The van der Waals surface area contributed by atoms with Crippen molar-refractivity contribution in [3.8, 4) is 0 Å². The van der Waals surface area contributed by atoms with Crippen LogP contribution >= 0.6 is 0 Å². The molecule has 2 unspecified atom stereocenters. The number of ether oxygens (including phenoxy) is 1. The fourth-order valence-electron chi connectivity index (χ4n) is 4.18. The lowest BCUT2D eigenvalue weighted by atomic mass is 9.92. The fourth-order valence-corrected chi connectivity index (χ4v) is 4.18. The van der Waals surface area contributed by atoms with E-state index in [0.29, 0.717) is 35.6 Å². The zero-order chi connectivity index (χ0) is 21.8. The number of morpholine rings is 1. The topological polar surface area (TPSA) is 89.2 Å². The Balaban J connectivity index is 1.66. The second-order valence-corrected chi connectivity index (χ2v) is 8.28. The molecular weight excluding hydrogens is 388 g/mol. The predicted octanol–water partition coefficient (Wildman–Crippen LogP) is 4.87. The number of nitrogens with two attached hydrogens (primary N) is 1. The maximum atomic E-state index is 6.01. The van der Waals surface area contributed by atoms with Crippen LogP contribution in [0.5, 0.6) is 0 Å². The zero-order valence-corrected chi connectivity index (χ0v) is 18.6. The van der Waals surface area contributed by atoms with Crippen molar-refractivity contribution in [3.63, 3.8) is 0 Å². The summed E-state index contributed by atoms with van der Waals surface area (Å²) in [5.74, 6) is 1.98. The number of rotatable bonds is 7. The van der Waals surface area contributed by atoms with E-state index in [1.54, 1.807) is 6.20 Å². The second kappa shape index (κ2) is 9.47. The van der Waals surface area contributed by atoms with Crippen LogP contribution in [0.25, 0.3) is 11.0 Å². The van der Waals surface area contributed by atoms with Crippen LogP contribution in [0, 0.1) is 0 Å². The van der Waals surface area contributed by atoms with Crippen LogP contribution in [0.2, 0.25) is 0 Å². The van der Waals surface area contributed by atoms with Crippen LogP contribution in [0.4, 0.5) is 23.1 Å². The highest BCUT2D eigenvalue weighted by molar-refractivity contribution is 5.91. The number of nitrogens with one attached hydrogen (secondary N) is 1. The third-order valence-corrected chi connectivity index (χ3v) is 5.86. The lowest BCUT2D eigenvalue weighted by Gasteiger charge is -2.31. The maximum Gasteiger partial charge on any atom is 0.229 e. The van der Waals surface area contributed by atoms with Gasteiger partial charge in [0.1, 0.15) is 5.82 Å². The van der Waals surface area contributed by atoms with Crippen molar-refractivity contribution in [3.05, 3.63) is 42.1 Å². The molecule has 3 N–H and O–H groups in total. The van der Waals surface area contributed by atoms with E-state index < -0.39 is 0 Å². The van der Waals surface area contributed by atoms with Crippen molar-refractivity contribution in [2.24, 2.45) is 0 Å². The molecule has 1 aliphatic rings. The molecule has 0 saturated carbocycles. The minimum absolute atomic E-state index is 0.144. The van der Waals surface area contributed by atoms with Gasteiger partial charge in [0.2, 0.25) is 5.95 Å². The SMILES string of the molecule is CCCC(CC)c1ccc(Nc2nc(N3CCOC(C)C3)nc3ncc(N)cc23)cc1. The number of fused-ring (bicyclic) bond motifs is 1. The van der Waals surface area contributed by atoms with E-state index in [2.05, 4.69) is 60.2 Å². The van der Waals surface area contributed by atoms with Gasteiger partial charge >= 0.3 is 0 Å². The van der Waals surface area contributed by atoms with Crippen LogP contribution in [0.3, 0.4) is 0 Å². The minimum Gasteiger partial charge on any atom is -0.397 e. The molecule has 4 rings (SSSR count). The van der Waals surface area contributed by atoms with Crippen LogP contribution in [-0.2, 0) is 4.74 Å². The molecule has 2 aromatic heterocycles. The third-order valence-electron chi connectivity index (χ3n) is 5.86. The summed E-state index contributed by atoms with van der Waals surface area (Å²) in [6.07, 6.45) is 5.35. The monoisotopic (exact) mass is 420 g/mol. The van der Waals surface area contributed by atoms with Crippen molar-refractivity contribution in [1.29, 1.82) is 0 Å². The molecule has 0 bridgehead atoms. The van der Waals surface area contributed by atoms with E-state index in [1.807, 2.05) is 6.07 Å². The summed E-state index contributed by atoms with van der Waals surface area (Å²) in [6.45, 7) is 8.74. The largest absolute Gasteiger partial charge is 0.397 e. The molecule has 0 aliphatic carbocycles. The molecule has 1 saturated heterocycles. The van der Waals surface area contributed by atoms with Gasteiger partial charge in [0.25, 0.3) is 0 Å². The average Bonchev–Trinajstić information content (AvgIpc) is 2.78. The molecule has 3 heterocycles. The average molecular weight is 421 g/mol. The standard InChI is InChI=1S/C24H32N6O/c1-4-6-17(5-2)18-7-9-20(10-8-18)27-23-21-13-19(25)14-26-22(21)28-24(29-23)30-11-12-31-16(3)15-30/h7-10,13-14,16-17H,4-6,11-12,15,25H2,1-3H3,(H,26,27,28,29). The molecule has 7 heteroatoms. The molecule has 3 aromatic rings. The van der Waals surface area contributed by atoms with Crippen LogP contribution < -0.4 is 16.0 Å². The molecule has 164 valence electrons. The molecule has 1 aromatic carbocycles. The van der Waals surface area contributed by atoms with E-state index in [-0.39, 0.29) is 6.10 Å². The molecule has 2 atom stereocenters. The normalized spacial score (nSPS) is 17.6. The summed E-state index contributed by atoms with van der Waals surface area (Å²) in [6, 6.07) is 10.5. The Morgan fingerprint density at radius 1 is 1.23 bits per heavy atom. The van der Waals surface area contributed by atoms with Gasteiger partial charge in [-0.3, -0.25) is 0 Å². The van der Waals surface area contributed by atoms with Gasteiger partial charge in [-0.25, -0.2) is 4.98 Å². The number of aromatic nitrogens is 3. The molecular formula is C24H32N6O. The van der Waals surface area contributed by atoms with Gasteiger partial charge in [0, 0.05) is 18.8 Å². The highest BCUT2D eigenvalue weighted by atomic mass is 16.5. The quantitative estimate of drug-likeness (QED) is 0.563. The van der Waals surface area contributed by atoms with Crippen LogP contribution in [-0.4, -0.2) is 40.8 Å².